The summed E-state index contributed by atoms with van der Waals surface area (Å²) in [6.45, 7) is 1.36. The van der Waals surface area contributed by atoms with Crippen molar-refractivity contribution >= 4 is 44.9 Å². The summed E-state index contributed by atoms with van der Waals surface area (Å²) in [5.74, 6) is -1.54. The van der Waals surface area contributed by atoms with Crippen LogP contribution in [0.3, 0.4) is 0 Å². The van der Waals surface area contributed by atoms with Gasteiger partial charge in [0.25, 0.3) is 5.91 Å². The second kappa shape index (κ2) is 8.30. The number of benzene rings is 2. The fourth-order valence-corrected chi connectivity index (χ4v) is 4.20. The van der Waals surface area contributed by atoms with Crippen LogP contribution in [0.4, 0.5) is 10.7 Å². The molecule has 4 rings (SSSR count). The zero-order chi connectivity index (χ0) is 22.0. The van der Waals surface area contributed by atoms with E-state index in [4.69, 9.17) is 4.42 Å². The van der Waals surface area contributed by atoms with E-state index in [1.165, 1.54) is 4.57 Å². The number of hydrogen-bond donors (Lipinski definition) is 2. The number of aromatic nitrogens is 1. The van der Waals surface area contributed by atoms with Crippen molar-refractivity contribution in [3.05, 3.63) is 81.2 Å². The molecule has 4 aromatic rings. The Morgan fingerprint density at radius 2 is 1.81 bits per heavy atom. The van der Waals surface area contributed by atoms with E-state index in [9.17, 15) is 19.6 Å². The Balaban J connectivity index is 1.57. The van der Waals surface area contributed by atoms with Gasteiger partial charge >= 0.3 is 5.76 Å². The number of nitriles is 1. The zero-order valence-electron chi connectivity index (χ0n) is 16.3. The minimum atomic E-state index is -0.651. The third-order valence-electron chi connectivity index (χ3n) is 4.62. The molecule has 0 atom stereocenters. The molecule has 0 radical (unpaired) electrons. The van der Waals surface area contributed by atoms with Crippen LogP contribution in [0.25, 0.3) is 11.1 Å². The molecule has 0 aliphatic heterocycles. The fraction of sp³-hybridized carbons (Fsp3) is 0.0909. The largest absolute Gasteiger partial charge is 0.420 e. The highest BCUT2D eigenvalue weighted by atomic mass is 32.1. The van der Waals surface area contributed by atoms with Crippen LogP contribution in [0, 0.1) is 18.3 Å². The van der Waals surface area contributed by atoms with Gasteiger partial charge in [-0.3, -0.25) is 14.2 Å². The number of oxazole rings is 1. The third kappa shape index (κ3) is 3.97. The van der Waals surface area contributed by atoms with E-state index < -0.39 is 11.7 Å². The number of fused-ring (bicyclic) bond motifs is 1. The van der Waals surface area contributed by atoms with Crippen LogP contribution in [0.1, 0.15) is 20.8 Å². The van der Waals surface area contributed by atoms with Crippen molar-refractivity contribution in [1.29, 1.82) is 5.26 Å². The monoisotopic (exact) mass is 432 g/mol. The van der Waals surface area contributed by atoms with Gasteiger partial charge in [-0.25, -0.2) is 4.79 Å². The first-order valence-electron chi connectivity index (χ1n) is 9.26. The molecule has 2 aromatic carbocycles. The average molecular weight is 432 g/mol. The first kappa shape index (κ1) is 20.1. The average Bonchev–Trinajstić information content (AvgIpc) is 3.24. The minimum Gasteiger partial charge on any atom is -0.408 e. The first-order valence-corrected chi connectivity index (χ1v) is 10.1. The van der Waals surface area contributed by atoms with Gasteiger partial charge in [0.2, 0.25) is 5.91 Å². The lowest BCUT2D eigenvalue weighted by Gasteiger charge is -2.04. The molecule has 0 saturated carbocycles. The van der Waals surface area contributed by atoms with Crippen molar-refractivity contribution in [3.8, 4) is 6.07 Å². The Bertz CT molecular complexity index is 1390. The fourth-order valence-electron chi connectivity index (χ4n) is 3.14. The van der Waals surface area contributed by atoms with E-state index in [0.29, 0.717) is 27.2 Å². The summed E-state index contributed by atoms with van der Waals surface area (Å²) in [4.78, 5) is 37.7. The van der Waals surface area contributed by atoms with E-state index in [2.05, 4.69) is 10.6 Å². The number of hydrogen-bond acceptors (Lipinski definition) is 6. The van der Waals surface area contributed by atoms with Crippen LogP contribution >= 0.6 is 11.3 Å². The lowest BCUT2D eigenvalue weighted by atomic mass is 10.1. The number of anilines is 2. The van der Waals surface area contributed by atoms with Crippen molar-refractivity contribution in [2.24, 2.45) is 0 Å². The number of nitrogens with one attached hydrogen (secondary N) is 2. The van der Waals surface area contributed by atoms with E-state index >= 15 is 0 Å². The molecule has 0 spiro atoms. The van der Waals surface area contributed by atoms with E-state index in [1.807, 2.05) is 12.1 Å². The standard InChI is InChI=1S/C22H16N4O4S/c1-13-15(11-23)21(31-19(13)20(28)24-14-7-3-2-4-8-14)25-18(27)12-26-16-9-5-6-10-17(16)30-22(26)29/h2-10H,12H2,1H3,(H,24,28)(H,25,27). The maximum absolute atomic E-state index is 12.7. The number of thiophene rings is 1. The second-order valence-electron chi connectivity index (χ2n) is 6.66. The van der Waals surface area contributed by atoms with Gasteiger partial charge in [-0.2, -0.15) is 5.26 Å². The Labute approximate surface area is 180 Å². The molecule has 2 N–H and O–H groups in total. The van der Waals surface area contributed by atoms with Crippen molar-refractivity contribution < 1.29 is 14.0 Å². The van der Waals surface area contributed by atoms with E-state index in [0.717, 1.165) is 11.3 Å². The topological polar surface area (TPSA) is 117 Å². The highest BCUT2D eigenvalue weighted by Gasteiger charge is 2.22. The number of carbonyl (C=O) groups excluding carboxylic acids is 2. The summed E-state index contributed by atoms with van der Waals surface area (Å²) >= 11 is 1.01. The SMILES string of the molecule is Cc1c(C(=O)Nc2ccccc2)sc(NC(=O)Cn2c(=O)oc3ccccc32)c1C#N. The Morgan fingerprint density at radius 1 is 1.10 bits per heavy atom. The Kier molecular flexibility index (Phi) is 5.39. The van der Waals surface area contributed by atoms with Crippen molar-refractivity contribution in [2.45, 2.75) is 13.5 Å². The Hall–Kier alpha value is -4.16. The predicted molar refractivity (Wildman–Crippen MR) is 117 cm³/mol. The van der Waals surface area contributed by atoms with Crippen molar-refractivity contribution in [1.82, 2.24) is 4.57 Å². The molecule has 0 aliphatic rings. The highest BCUT2D eigenvalue weighted by Crippen LogP contribution is 2.33. The molecule has 2 amide bonds. The van der Waals surface area contributed by atoms with Gasteiger partial charge in [0, 0.05) is 5.69 Å². The first-order chi connectivity index (χ1) is 15.0. The number of rotatable bonds is 5. The van der Waals surface area contributed by atoms with Gasteiger partial charge in [0.15, 0.2) is 5.58 Å². The summed E-state index contributed by atoms with van der Waals surface area (Å²) < 4.78 is 6.34. The number of amides is 2. The van der Waals surface area contributed by atoms with Crippen LogP contribution < -0.4 is 16.4 Å². The van der Waals surface area contributed by atoms with Gasteiger partial charge in [-0.1, -0.05) is 30.3 Å². The maximum atomic E-state index is 12.7. The smallest absolute Gasteiger partial charge is 0.408 e. The number of carbonyl (C=O) groups is 2. The maximum Gasteiger partial charge on any atom is 0.420 e. The van der Waals surface area contributed by atoms with Crippen LogP contribution in [-0.2, 0) is 11.3 Å². The number of para-hydroxylation sites is 3. The van der Waals surface area contributed by atoms with Crippen molar-refractivity contribution in [2.75, 3.05) is 10.6 Å². The molecule has 2 heterocycles. The molecule has 0 fully saturated rings. The molecule has 0 unspecified atom stereocenters. The van der Waals surface area contributed by atoms with E-state index in [1.54, 1.807) is 55.5 Å². The highest BCUT2D eigenvalue weighted by molar-refractivity contribution is 7.18. The van der Waals surface area contributed by atoms with Gasteiger partial charge < -0.3 is 15.1 Å². The van der Waals surface area contributed by atoms with Crippen LogP contribution in [0.15, 0.2) is 63.8 Å². The number of nitrogens with zero attached hydrogens (tertiary/aromatic N) is 2. The van der Waals surface area contributed by atoms with Crippen molar-refractivity contribution in [3.63, 3.8) is 0 Å². The lowest BCUT2D eigenvalue weighted by Crippen LogP contribution is -2.24. The molecule has 9 heteroatoms. The van der Waals surface area contributed by atoms with Gasteiger partial charge in [0.1, 0.15) is 17.6 Å². The summed E-state index contributed by atoms with van der Waals surface area (Å²) in [7, 11) is 0. The molecular formula is C22H16N4O4S. The molecule has 2 aromatic heterocycles. The molecule has 0 saturated heterocycles. The molecule has 0 bridgehead atoms. The normalized spacial score (nSPS) is 10.6. The lowest BCUT2D eigenvalue weighted by molar-refractivity contribution is -0.116. The summed E-state index contributed by atoms with van der Waals surface area (Å²) in [5.41, 5.74) is 2.18. The van der Waals surface area contributed by atoms with Gasteiger partial charge in [-0.05, 0) is 36.8 Å². The summed E-state index contributed by atoms with van der Waals surface area (Å²) in [6.07, 6.45) is 0. The van der Waals surface area contributed by atoms with Gasteiger partial charge in [-0.15, -0.1) is 11.3 Å². The predicted octanol–water partition coefficient (Wildman–Crippen LogP) is 3.73. The van der Waals surface area contributed by atoms with Gasteiger partial charge in [0.05, 0.1) is 16.0 Å². The zero-order valence-corrected chi connectivity index (χ0v) is 17.2. The summed E-state index contributed by atoms with van der Waals surface area (Å²) in [5, 5.41) is 15.2. The molecule has 154 valence electrons. The molecule has 31 heavy (non-hydrogen) atoms. The third-order valence-corrected chi connectivity index (χ3v) is 5.83. The summed E-state index contributed by atoms with van der Waals surface area (Å²) in [6, 6.07) is 17.7. The van der Waals surface area contributed by atoms with Crippen LogP contribution in [0.5, 0.6) is 0 Å². The van der Waals surface area contributed by atoms with Crippen LogP contribution in [0.2, 0.25) is 0 Å². The molecule has 0 aliphatic carbocycles. The Morgan fingerprint density at radius 3 is 2.55 bits per heavy atom. The molecular weight excluding hydrogens is 416 g/mol. The minimum absolute atomic E-state index is 0.209. The van der Waals surface area contributed by atoms with Crippen LogP contribution in [-0.4, -0.2) is 16.4 Å². The molecule has 8 nitrogen and oxygen atoms in total. The second-order valence-corrected chi connectivity index (χ2v) is 7.68. The quantitative estimate of drug-likeness (QED) is 0.498. The van der Waals surface area contributed by atoms with E-state index in [-0.39, 0.29) is 23.0 Å².